The standard InChI is InChI=1S/C22H32O4/c1-12-9-13(2)18(14(3)10-15(4)23)22(7,11-12)20-16(5)19(24)17(6)21(25-8)26-20/h9-11,16-18,20-21H,1-8H3/b14-10+/t16?,17?,18-,20?,21?,22-/m0/s1. The molecule has 0 aromatic heterocycles. The maximum Gasteiger partial charge on any atom is 0.167 e. The molecule has 2 aliphatic rings. The van der Waals surface area contributed by atoms with E-state index in [0.29, 0.717) is 0 Å². The number of ketones is 2. The molecule has 4 heteroatoms. The van der Waals surface area contributed by atoms with Gasteiger partial charge >= 0.3 is 0 Å². The zero-order valence-corrected chi connectivity index (χ0v) is 17.3. The molecule has 0 amide bonds. The van der Waals surface area contributed by atoms with Crippen molar-refractivity contribution in [2.45, 2.75) is 60.9 Å². The lowest BCUT2D eigenvalue weighted by atomic mass is 9.60. The van der Waals surface area contributed by atoms with Gasteiger partial charge in [0.1, 0.15) is 5.78 Å². The van der Waals surface area contributed by atoms with Crippen LogP contribution in [-0.4, -0.2) is 31.1 Å². The van der Waals surface area contributed by atoms with Crippen molar-refractivity contribution in [1.29, 1.82) is 0 Å². The SMILES string of the molecule is COC1OC([C@@]2(C)C=C(C)C=C(C)[C@H]2/C(C)=C/C(C)=O)C(C)C(=O)C1C. The van der Waals surface area contributed by atoms with Crippen LogP contribution in [0.4, 0.5) is 0 Å². The van der Waals surface area contributed by atoms with Crippen LogP contribution in [0.25, 0.3) is 0 Å². The van der Waals surface area contributed by atoms with Gasteiger partial charge in [0.15, 0.2) is 12.1 Å². The van der Waals surface area contributed by atoms with Crippen LogP contribution in [0.5, 0.6) is 0 Å². The summed E-state index contributed by atoms with van der Waals surface area (Å²) in [5, 5.41) is 0. The molecule has 0 bridgehead atoms. The van der Waals surface area contributed by atoms with E-state index in [4.69, 9.17) is 9.47 Å². The Balaban J connectivity index is 2.56. The van der Waals surface area contributed by atoms with Gasteiger partial charge in [-0.15, -0.1) is 0 Å². The molecule has 0 saturated carbocycles. The van der Waals surface area contributed by atoms with Crippen LogP contribution in [0.3, 0.4) is 0 Å². The number of carbonyl (C=O) groups excluding carboxylic acids is 2. The van der Waals surface area contributed by atoms with Crippen LogP contribution in [0.1, 0.15) is 48.5 Å². The number of hydrogen-bond acceptors (Lipinski definition) is 4. The molecule has 0 aromatic carbocycles. The Kier molecular flexibility index (Phi) is 6.09. The van der Waals surface area contributed by atoms with Gasteiger partial charge in [0.05, 0.1) is 12.0 Å². The molecule has 1 saturated heterocycles. The third-order valence-corrected chi connectivity index (χ3v) is 5.84. The van der Waals surface area contributed by atoms with Gasteiger partial charge in [0, 0.05) is 24.4 Å². The number of allylic oxidation sites excluding steroid dienone is 5. The lowest BCUT2D eigenvalue weighted by Crippen LogP contribution is -2.55. The van der Waals surface area contributed by atoms with Crippen molar-refractivity contribution >= 4 is 11.6 Å². The lowest BCUT2D eigenvalue weighted by Gasteiger charge is -2.50. The van der Waals surface area contributed by atoms with Crippen molar-refractivity contribution in [2.75, 3.05) is 7.11 Å². The summed E-state index contributed by atoms with van der Waals surface area (Å²) >= 11 is 0. The quantitative estimate of drug-likeness (QED) is 0.703. The molecule has 1 aliphatic heterocycles. The van der Waals surface area contributed by atoms with Gasteiger partial charge in [-0.3, -0.25) is 9.59 Å². The Morgan fingerprint density at radius 1 is 1.23 bits per heavy atom. The molecule has 0 spiro atoms. The van der Waals surface area contributed by atoms with Gasteiger partial charge in [0.2, 0.25) is 0 Å². The summed E-state index contributed by atoms with van der Waals surface area (Å²) in [5.41, 5.74) is 2.88. The molecular formula is C22H32O4. The molecule has 26 heavy (non-hydrogen) atoms. The van der Waals surface area contributed by atoms with E-state index in [1.165, 1.54) is 5.57 Å². The zero-order chi connectivity index (χ0) is 19.8. The van der Waals surface area contributed by atoms with Gasteiger partial charge in [-0.2, -0.15) is 0 Å². The van der Waals surface area contributed by atoms with Crippen LogP contribution in [-0.2, 0) is 19.1 Å². The van der Waals surface area contributed by atoms with Crippen LogP contribution in [0.2, 0.25) is 0 Å². The van der Waals surface area contributed by atoms with E-state index < -0.39 is 11.7 Å². The van der Waals surface area contributed by atoms with E-state index in [1.54, 1.807) is 20.1 Å². The highest BCUT2D eigenvalue weighted by Crippen LogP contribution is 2.50. The zero-order valence-electron chi connectivity index (χ0n) is 17.3. The van der Waals surface area contributed by atoms with Crippen molar-refractivity contribution in [2.24, 2.45) is 23.2 Å². The summed E-state index contributed by atoms with van der Waals surface area (Å²) in [6.07, 6.45) is 5.17. The third kappa shape index (κ3) is 3.63. The van der Waals surface area contributed by atoms with Gasteiger partial charge < -0.3 is 9.47 Å². The summed E-state index contributed by atoms with van der Waals surface area (Å²) in [4.78, 5) is 24.5. The second-order valence-electron chi connectivity index (χ2n) is 8.22. The molecule has 144 valence electrons. The first kappa shape index (κ1) is 20.8. The first-order valence-electron chi connectivity index (χ1n) is 9.31. The van der Waals surface area contributed by atoms with Crippen molar-refractivity contribution in [3.05, 3.63) is 34.9 Å². The Labute approximate surface area is 157 Å². The number of hydrogen-bond donors (Lipinski definition) is 0. The smallest absolute Gasteiger partial charge is 0.167 e. The first-order valence-corrected chi connectivity index (χ1v) is 9.31. The Morgan fingerprint density at radius 3 is 2.38 bits per heavy atom. The highest BCUT2D eigenvalue weighted by molar-refractivity contribution is 5.88. The fraction of sp³-hybridized carbons (Fsp3) is 0.636. The molecule has 0 radical (unpaired) electrons. The largest absolute Gasteiger partial charge is 0.355 e. The Hall–Kier alpha value is -1.52. The summed E-state index contributed by atoms with van der Waals surface area (Å²) in [6, 6.07) is 0. The summed E-state index contributed by atoms with van der Waals surface area (Å²) < 4.78 is 11.8. The summed E-state index contributed by atoms with van der Waals surface area (Å²) in [7, 11) is 1.58. The molecule has 1 heterocycles. The number of rotatable bonds is 4. The first-order chi connectivity index (χ1) is 12.0. The van der Waals surface area contributed by atoms with E-state index >= 15 is 0 Å². The molecule has 6 atom stereocenters. The van der Waals surface area contributed by atoms with E-state index in [9.17, 15) is 9.59 Å². The number of Topliss-reactive ketones (excluding diaryl/α,β-unsaturated/α-hetero) is 1. The van der Waals surface area contributed by atoms with E-state index in [1.807, 2.05) is 20.8 Å². The Bertz CT molecular complexity index is 684. The van der Waals surface area contributed by atoms with Gasteiger partial charge in [-0.05, 0) is 33.8 Å². The predicted molar refractivity (Wildman–Crippen MR) is 103 cm³/mol. The fourth-order valence-electron chi connectivity index (χ4n) is 5.07. The lowest BCUT2D eigenvalue weighted by molar-refractivity contribution is -0.235. The van der Waals surface area contributed by atoms with Crippen molar-refractivity contribution < 1.29 is 19.1 Å². The highest BCUT2D eigenvalue weighted by Gasteiger charge is 2.52. The maximum absolute atomic E-state index is 12.8. The predicted octanol–water partition coefficient (Wildman–Crippen LogP) is 4.26. The molecule has 4 nitrogen and oxygen atoms in total. The average molecular weight is 360 g/mol. The van der Waals surface area contributed by atoms with Crippen LogP contribution in [0, 0.1) is 23.2 Å². The van der Waals surface area contributed by atoms with E-state index in [-0.39, 0.29) is 35.4 Å². The minimum atomic E-state index is -0.543. The maximum atomic E-state index is 12.8. The van der Waals surface area contributed by atoms with Crippen molar-refractivity contribution in [1.82, 2.24) is 0 Å². The normalized spacial score (nSPS) is 38.7. The topological polar surface area (TPSA) is 52.6 Å². The van der Waals surface area contributed by atoms with Crippen molar-refractivity contribution in [3.63, 3.8) is 0 Å². The van der Waals surface area contributed by atoms with E-state index in [0.717, 1.165) is 11.1 Å². The molecule has 0 N–H and O–H groups in total. The number of ether oxygens (including phenoxy) is 2. The minimum Gasteiger partial charge on any atom is -0.355 e. The number of methoxy groups -OCH3 is 1. The molecular weight excluding hydrogens is 328 g/mol. The van der Waals surface area contributed by atoms with Gasteiger partial charge in [-0.25, -0.2) is 0 Å². The fourth-order valence-corrected chi connectivity index (χ4v) is 5.07. The molecule has 4 unspecified atom stereocenters. The molecule has 1 aliphatic carbocycles. The second-order valence-corrected chi connectivity index (χ2v) is 8.22. The third-order valence-electron chi connectivity index (χ3n) is 5.84. The summed E-state index contributed by atoms with van der Waals surface area (Å²) in [6.45, 7) is 13.6. The molecule has 2 rings (SSSR count). The van der Waals surface area contributed by atoms with E-state index in [2.05, 4.69) is 32.9 Å². The highest BCUT2D eigenvalue weighted by atomic mass is 16.7. The summed E-state index contributed by atoms with van der Waals surface area (Å²) in [5.74, 6) is -0.335. The average Bonchev–Trinajstić information content (AvgIpc) is 2.51. The molecule has 1 fully saturated rings. The van der Waals surface area contributed by atoms with Crippen molar-refractivity contribution in [3.8, 4) is 0 Å². The van der Waals surface area contributed by atoms with Crippen LogP contribution < -0.4 is 0 Å². The van der Waals surface area contributed by atoms with Gasteiger partial charge in [-0.1, -0.05) is 49.6 Å². The monoisotopic (exact) mass is 360 g/mol. The van der Waals surface area contributed by atoms with Gasteiger partial charge in [0.25, 0.3) is 0 Å². The second kappa shape index (κ2) is 7.61. The minimum absolute atomic E-state index is 0.00117. The van der Waals surface area contributed by atoms with Crippen LogP contribution >= 0.6 is 0 Å². The van der Waals surface area contributed by atoms with Crippen LogP contribution in [0.15, 0.2) is 34.9 Å². The molecule has 0 aromatic rings. The Morgan fingerprint density at radius 2 is 1.85 bits per heavy atom. The number of carbonyl (C=O) groups is 2.